The Bertz CT molecular complexity index is 194. The number of benzene rings is 1. The molecule has 0 saturated heterocycles. The molecule has 0 bridgehead atoms. The van der Waals surface area contributed by atoms with Crippen molar-refractivity contribution in [3.8, 4) is 5.75 Å². The van der Waals surface area contributed by atoms with E-state index in [1.165, 1.54) is 0 Å². The van der Waals surface area contributed by atoms with Crippen molar-refractivity contribution in [2.24, 2.45) is 0 Å². The smallest absolute Gasteiger partial charge is 0.0607 e. The van der Waals surface area contributed by atoms with E-state index in [-0.39, 0.29) is 0 Å². The fourth-order valence-corrected chi connectivity index (χ4v) is 0.703. The molecule has 0 amide bonds. The lowest BCUT2D eigenvalue weighted by molar-refractivity contribution is 0.413. The van der Waals surface area contributed by atoms with Crippen molar-refractivity contribution in [2.75, 3.05) is 7.11 Å². The van der Waals surface area contributed by atoms with E-state index >= 15 is 0 Å². The molecular weight excluding hydrogens is 112 g/mol. The van der Waals surface area contributed by atoms with Crippen molar-refractivity contribution in [1.82, 2.24) is 0 Å². The van der Waals surface area contributed by atoms with Crippen molar-refractivity contribution in [3.05, 3.63) is 36.8 Å². The van der Waals surface area contributed by atoms with Gasteiger partial charge >= 0.3 is 0 Å². The third-order valence-electron chi connectivity index (χ3n) is 1.19. The molecular formula is C8H9O-. The maximum absolute atomic E-state index is 4.98. The van der Waals surface area contributed by atoms with Gasteiger partial charge < -0.3 is 4.74 Å². The van der Waals surface area contributed by atoms with Gasteiger partial charge in [-0.2, -0.15) is 18.6 Å². The molecule has 0 saturated carbocycles. The fourth-order valence-electron chi connectivity index (χ4n) is 0.703. The Kier molecular flexibility index (Phi) is 1.63. The van der Waals surface area contributed by atoms with Gasteiger partial charge in [-0.25, -0.2) is 0 Å². The third-order valence-corrected chi connectivity index (χ3v) is 1.19. The lowest BCUT2D eigenvalue weighted by atomic mass is 10.2. The second-order valence-corrected chi connectivity index (χ2v) is 1.81. The molecule has 0 aliphatic rings. The first kappa shape index (κ1) is 6.02. The number of hydrogen-bond acceptors (Lipinski definition) is 1. The Morgan fingerprint density at radius 2 is 2.00 bits per heavy atom. The van der Waals surface area contributed by atoms with Crippen LogP contribution < -0.4 is 4.74 Å². The summed E-state index contributed by atoms with van der Waals surface area (Å²) in [6, 6.07) is 7.67. The first-order valence-electron chi connectivity index (χ1n) is 2.79. The van der Waals surface area contributed by atoms with Gasteiger partial charge in [0.15, 0.2) is 0 Å². The number of para-hydroxylation sites is 1. The highest BCUT2D eigenvalue weighted by Gasteiger charge is 1.80. The predicted molar refractivity (Wildman–Crippen MR) is 37.5 cm³/mol. The summed E-state index contributed by atoms with van der Waals surface area (Å²) in [7, 11) is 1.64. The maximum Gasteiger partial charge on any atom is 0.0607 e. The molecule has 0 fully saturated rings. The first-order valence-corrected chi connectivity index (χ1v) is 2.79. The number of rotatable bonds is 1. The van der Waals surface area contributed by atoms with Crippen LogP contribution in [0, 0.1) is 6.92 Å². The van der Waals surface area contributed by atoms with Crippen LogP contribution in [0.5, 0.6) is 5.75 Å². The van der Waals surface area contributed by atoms with Crippen LogP contribution in [0.3, 0.4) is 0 Å². The van der Waals surface area contributed by atoms with Crippen molar-refractivity contribution >= 4 is 0 Å². The number of hydrogen-bond donors (Lipinski definition) is 0. The zero-order chi connectivity index (χ0) is 6.69. The molecule has 1 heteroatoms. The van der Waals surface area contributed by atoms with Crippen LogP contribution in [-0.4, -0.2) is 7.11 Å². The third kappa shape index (κ3) is 1.17. The normalized spacial score (nSPS) is 9.00. The summed E-state index contributed by atoms with van der Waals surface area (Å²) in [6.07, 6.45) is 0. The zero-order valence-electron chi connectivity index (χ0n) is 5.42. The summed E-state index contributed by atoms with van der Waals surface area (Å²) in [5.74, 6) is 0.845. The second-order valence-electron chi connectivity index (χ2n) is 1.81. The molecule has 0 aliphatic heterocycles. The minimum absolute atomic E-state index is 0.845. The average Bonchev–Trinajstić information content (AvgIpc) is 1.89. The molecule has 0 atom stereocenters. The summed E-state index contributed by atoms with van der Waals surface area (Å²) in [4.78, 5) is 0. The van der Waals surface area contributed by atoms with Crippen LogP contribution in [-0.2, 0) is 0 Å². The summed E-state index contributed by atoms with van der Waals surface area (Å²) in [5, 5.41) is 0. The Morgan fingerprint density at radius 1 is 1.33 bits per heavy atom. The Hall–Kier alpha value is -1.11. The molecule has 1 aromatic carbocycles. The minimum Gasteiger partial charge on any atom is -0.554 e. The van der Waals surface area contributed by atoms with Gasteiger partial charge in [-0.1, -0.05) is 12.1 Å². The zero-order valence-corrected chi connectivity index (χ0v) is 5.42. The fraction of sp³-hybridized carbons (Fsp3) is 0.125. The molecule has 0 unspecified atom stereocenters. The lowest BCUT2D eigenvalue weighted by Gasteiger charge is -2.09. The topological polar surface area (TPSA) is 9.23 Å². The van der Waals surface area contributed by atoms with Crippen molar-refractivity contribution < 1.29 is 4.74 Å². The van der Waals surface area contributed by atoms with Crippen LogP contribution in [0.1, 0.15) is 5.56 Å². The minimum atomic E-state index is 0.845. The Labute approximate surface area is 55.3 Å². The van der Waals surface area contributed by atoms with Gasteiger partial charge in [0.05, 0.1) is 7.11 Å². The van der Waals surface area contributed by atoms with E-state index < -0.39 is 0 Å². The van der Waals surface area contributed by atoms with Crippen molar-refractivity contribution in [2.45, 2.75) is 0 Å². The molecule has 1 aromatic rings. The molecule has 1 rings (SSSR count). The molecule has 0 aromatic heterocycles. The van der Waals surface area contributed by atoms with Gasteiger partial charge in [-0.15, -0.1) is 6.07 Å². The van der Waals surface area contributed by atoms with Crippen LogP contribution in [0.15, 0.2) is 24.3 Å². The van der Waals surface area contributed by atoms with Gasteiger partial charge in [0, 0.05) is 5.75 Å². The Morgan fingerprint density at radius 3 is 2.44 bits per heavy atom. The average molecular weight is 121 g/mol. The molecule has 48 valence electrons. The maximum atomic E-state index is 4.98. The quantitative estimate of drug-likeness (QED) is 0.515. The van der Waals surface area contributed by atoms with Gasteiger partial charge in [0.2, 0.25) is 0 Å². The van der Waals surface area contributed by atoms with Crippen molar-refractivity contribution in [1.29, 1.82) is 0 Å². The van der Waals surface area contributed by atoms with E-state index in [2.05, 4.69) is 6.92 Å². The van der Waals surface area contributed by atoms with Crippen LogP contribution in [0.2, 0.25) is 0 Å². The summed E-state index contributed by atoms with van der Waals surface area (Å²) >= 11 is 0. The monoisotopic (exact) mass is 121 g/mol. The lowest BCUT2D eigenvalue weighted by Crippen LogP contribution is -1.84. The van der Waals surface area contributed by atoms with Gasteiger partial charge in [0.1, 0.15) is 0 Å². The van der Waals surface area contributed by atoms with E-state index in [1.54, 1.807) is 7.11 Å². The summed E-state index contributed by atoms with van der Waals surface area (Å²) in [6.45, 7) is 3.77. The van der Waals surface area contributed by atoms with Gasteiger partial charge in [0.25, 0.3) is 0 Å². The summed E-state index contributed by atoms with van der Waals surface area (Å²) in [5.41, 5.74) is 0.931. The van der Waals surface area contributed by atoms with Crippen LogP contribution in [0.4, 0.5) is 0 Å². The summed E-state index contributed by atoms with van der Waals surface area (Å²) < 4.78 is 4.98. The Balaban J connectivity index is 3.01. The molecule has 9 heavy (non-hydrogen) atoms. The second kappa shape index (κ2) is 2.44. The SMILES string of the molecule is [CH2-]c1ccccc1OC. The standard InChI is InChI=1S/C8H9O/c1-7-5-3-4-6-8(7)9-2/h3-6H,1H2,2H3/q-1. The first-order chi connectivity index (χ1) is 4.34. The number of ether oxygens (including phenoxy) is 1. The molecule has 0 heterocycles. The van der Waals surface area contributed by atoms with E-state index in [0.717, 1.165) is 11.3 Å². The van der Waals surface area contributed by atoms with E-state index in [1.807, 2.05) is 24.3 Å². The molecule has 0 aliphatic carbocycles. The predicted octanol–water partition coefficient (Wildman–Crippen LogP) is 1.88. The number of methoxy groups -OCH3 is 1. The van der Waals surface area contributed by atoms with E-state index in [0.29, 0.717) is 0 Å². The van der Waals surface area contributed by atoms with E-state index in [4.69, 9.17) is 4.74 Å². The van der Waals surface area contributed by atoms with Crippen LogP contribution in [0.25, 0.3) is 0 Å². The van der Waals surface area contributed by atoms with Crippen LogP contribution >= 0.6 is 0 Å². The molecule has 1 nitrogen and oxygen atoms in total. The molecule has 0 radical (unpaired) electrons. The van der Waals surface area contributed by atoms with Gasteiger partial charge in [-0.05, 0) is 0 Å². The van der Waals surface area contributed by atoms with E-state index in [9.17, 15) is 0 Å². The molecule has 0 N–H and O–H groups in total. The highest BCUT2D eigenvalue weighted by Crippen LogP contribution is 2.14. The highest BCUT2D eigenvalue weighted by atomic mass is 16.5. The largest absolute Gasteiger partial charge is 0.554 e. The van der Waals surface area contributed by atoms with Crippen molar-refractivity contribution in [3.63, 3.8) is 0 Å². The highest BCUT2D eigenvalue weighted by molar-refractivity contribution is 5.34. The van der Waals surface area contributed by atoms with Gasteiger partial charge in [-0.3, -0.25) is 0 Å². The molecule has 0 spiro atoms.